The molecule has 1 fully saturated rings. The van der Waals surface area contributed by atoms with Crippen molar-refractivity contribution >= 4 is 42.7 Å². The van der Waals surface area contributed by atoms with E-state index in [4.69, 9.17) is 26.0 Å². The van der Waals surface area contributed by atoms with E-state index >= 15 is 0 Å². The lowest BCUT2D eigenvalue weighted by atomic mass is 10.1. The van der Waals surface area contributed by atoms with E-state index in [9.17, 15) is 4.79 Å². The van der Waals surface area contributed by atoms with E-state index in [-0.39, 0.29) is 17.0 Å². The molecule has 3 aromatic heterocycles. The topological polar surface area (TPSA) is 131 Å². The van der Waals surface area contributed by atoms with E-state index in [1.54, 1.807) is 29.1 Å². The number of amides is 1. The third-order valence-corrected chi connectivity index (χ3v) is 12.6. The van der Waals surface area contributed by atoms with E-state index in [1.165, 1.54) is 12.5 Å². The van der Waals surface area contributed by atoms with Gasteiger partial charge in [-0.25, -0.2) is 19.6 Å². The molecule has 11 nitrogen and oxygen atoms in total. The van der Waals surface area contributed by atoms with Crippen molar-refractivity contribution in [3.63, 3.8) is 0 Å². The van der Waals surface area contributed by atoms with Crippen molar-refractivity contribution in [2.24, 2.45) is 0 Å². The van der Waals surface area contributed by atoms with Crippen LogP contribution >= 0.6 is 11.6 Å². The number of anilines is 1. The molecule has 0 bridgehead atoms. The summed E-state index contributed by atoms with van der Waals surface area (Å²) in [5.41, 5.74) is 1.55. The van der Waals surface area contributed by atoms with Crippen molar-refractivity contribution in [3.8, 4) is 17.6 Å². The molecule has 1 saturated heterocycles. The molecule has 4 aromatic rings. The maximum absolute atomic E-state index is 13.5. The summed E-state index contributed by atoms with van der Waals surface area (Å²) in [6, 6.07) is 12.5. The van der Waals surface area contributed by atoms with Crippen LogP contribution in [0.15, 0.2) is 55.1 Å². The summed E-state index contributed by atoms with van der Waals surface area (Å²) >= 11 is 6.41. The van der Waals surface area contributed by atoms with Gasteiger partial charge < -0.3 is 14.5 Å². The zero-order valence-corrected chi connectivity index (χ0v) is 26.0. The van der Waals surface area contributed by atoms with Crippen LogP contribution in [0, 0.1) is 11.3 Å². The molecule has 1 amide bonds. The Balaban J connectivity index is 1.37. The number of pyridine rings is 1. The standard InChI is InChI=1S/C29H33ClN8O3Si/c1-29(2,3)42(4,5)41-20-15-37(16-20)17-24(27(39)36-25-11-10-19(12-31)13-32-25)40-28-21-14-35-38(26(21)33-18-34-28)23-9-7-6-8-22(23)30/h6-11,13-14,18,20,24H,15-17H2,1-5H3,(H,32,36,39). The van der Waals surface area contributed by atoms with Crippen LogP contribution in [0.1, 0.15) is 26.3 Å². The van der Waals surface area contributed by atoms with Gasteiger partial charge in [-0.3, -0.25) is 9.69 Å². The average molecular weight is 605 g/mol. The normalized spacial score (nSPS) is 15.2. The Hall–Kier alpha value is -3.89. The monoisotopic (exact) mass is 604 g/mol. The summed E-state index contributed by atoms with van der Waals surface area (Å²) in [6.07, 6.45) is 3.54. The molecule has 4 heterocycles. The molecule has 1 aliphatic rings. The van der Waals surface area contributed by atoms with Gasteiger partial charge in [-0.1, -0.05) is 44.5 Å². The molecule has 0 radical (unpaired) electrons. The van der Waals surface area contributed by atoms with Crippen molar-refractivity contribution in [3.05, 3.63) is 65.7 Å². The number of hydrogen-bond donors (Lipinski definition) is 1. The van der Waals surface area contributed by atoms with Crippen molar-refractivity contribution < 1.29 is 14.0 Å². The van der Waals surface area contributed by atoms with Gasteiger partial charge >= 0.3 is 0 Å². The molecule has 5 rings (SSSR count). The SMILES string of the molecule is CC(C)(C)[Si](C)(C)OC1CN(CC(Oc2ncnc3c2cnn3-c2ccccc2Cl)C(=O)Nc2ccc(C#N)cn2)C1. The molecule has 0 spiro atoms. The smallest absolute Gasteiger partial charge is 0.268 e. The number of para-hydroxylation sites is 1. The fourth-order valence-corrected chi connectivity index (χ4v) is 5.89. The Kier molecular flexibility index (Phi) is 8.29. The minimum atomic E-state index is -1.91. The molecule has 1 N–H and O–H groups in total. The summed E-state index contributed by atoms with van der Waals surface area (Å²) in [4.78, 5) is 28.6. The lowest BCUT2D eigenvalue weighted by Crippen LogP contribution is -2.60. The highest BCUT2D eigenvalue weighted by Gasteiger charge is 2.42. The zero-order chi connectivity index (χ0) is 30.1. The second kappa shape index (κ2) is 11.8. The number of halogens is 1. The second-order valence-corrected chi connectivity index (χ2v) is 16.9. The van der Waals surface area contributed by atoms with Crippen molar-refractivity contribution in [1.29, 1.82) is 5.26 Å². The fraction of sp³-hybridized carbons (Fsp3) is 0.379. The molecule has 13 heteroatoms. The van der Waals surface area contributed by atoms with Gasteiger partial charge in [0.2, 0.25) is 5.88 Å². The fourth-order valence-electron chi connectivity index (χ4n) is 4.34. The van der Waals surface area contributed by atoms with Crippen LogP contribution in [0.5, 0.6) is 5.88 Å². The van der Waals surface area contributed by atoms with E-state index < -0.39 is 20.3 Å². The number of likely N-dealkylation sites (tertiary alicyclic amines) is 1. The number of carbonyl (C=O) groups excluding carboxylic acids is 1. The van der Waals surface area contributed by atoms with Crippen LogP contribution in [0.2, 0.25) is 23.2 Å². The third kappa shape index (κ3) is 6.29. The van der Waals surface area contributed by atoms with Gasteiger partial charge in [0, 0.05) is 25.8 Å². The van der Waals surface area contributed by atoms with Crippen LogP contribution in [0.25, 0.3) is 16.7 Å². The summed E-state index contributed by atoms with van der Waals surface area (Å²) in [5, 5.41) is 17.5. The summed E-state index contributed by atoms with van der Waals surface area (Å²) in [5.74, 6) is 0.141. The van der Waals surface area contributed by atoms with Crippen LogP contribution in [-0.4, -0.2) is 75.7 Å². The molecule has 218 valence electrons. The van der Waals surface area contributed by atoms with E-state index in [0.717, 1.165) is 0 Å². The lowest BCUT2D eigenvalue weighted by molar-refractivity contribution is -0.125. The predicted molar refractivity (Wildman–Crippen MR) is 162 cm³/mol. The first-order valence-corrected chi connectivity index (χ1v) is 16.9. The van der Waals surface area contributed by atoms with Gasteiger partial charge in [0.15, 0.2) is 20.1 Å². The van der Waals surface area contributed by atoms with Crippen LogP contribution in [-0.2, 0) is 9.22 Å². The number of aromatic nitrogens is 5. The first-order chi connectivity index (χ1) is 19.9. The highest BCUT2D eigenvalue weighted by atomic mass is 35.5. The summed E-state index contributed by atoms with van der Waals surface area (Å²) in [6.45, 7) is 12.8. The van der Waals surface area contributed by atoms with Crippen molar-refractivity contribution in [1.82, 2.24) is 29.6 Å². The number of rotatable bonds is 9. The Morgan fingerprint density at radius 2 is 1.93 bits per heavy atom. The Labute approximate surface area is 250 Å². The first-order valence-electron chi connectivity index (χ1n) is 13.6. The molecule has 1 aromatic carbocycles. The number of fused-ring (bicyclic) bond motifs is 1. The Bertz CT molecular complexity index is 1620. The number of nitrogens with zero attached hydrogens (tertiary/aromatic N) is 7. The minimum Gasteiger partial charge on any atom is -0.462 e. The number of benzene rings is 1. The minimum absolute atomic E-state index is 0.106. The summed E-state index contributed by atoms with van der Waals surface area (Å²) in [7, 11) is -1.91. The van der Waals surface area contributed by atoms with Gasteiger partial charge in [0.05, 0.1) is 28.6 Å². The Morgan fingerprint density at radius 3 is 2.60 bits per heavy atom. The maximum Gasteiger partial charge on any atom is 0.268 e. The molecular formula is C29H33ClN8O3Si. The third-order valence-electron chi connectivity index (χ3n) is 7.72. The zero-order valence-electron chi connectivity index (χ0n) is 24.2. The first kappa shape index (κ1) is 29.6. The highest BCUT2D eigenvalue weighted by molar-refractivity contribution is 6.74. The predicted octanol–water partition coefficient (Wildman–Crippen LogP) is 4.83. The van der Waals surface area contributed by atoms with Gasteiger partial charge in [-0.15, -0.1) is 0 Å². The van der Waals surface area contributed by atoms with Crippen LogP contribution in [0.3, 0.4) is 0 Å². The van der Waals surface area contributed by atoms with Crippen molar-refractivity contribution in [2.75, 3.05) is 25.0 Å². The molecule has 42 heavy (non-hydrogen) atoms. The molecule has 0 aliphatic carbocycles. The lowest BCUT2D eigenvalue weighted by Gasteiger charge is -2.46. The van der Waals surface area contributed by atoms with Gasteiger partial charge in [0.1, 0.15) is 23.6 Å². The second-order valence-electron chi connectivity index (χ2n) is 11.8. The summed E-state index contributed by atoms with van der Waals surface area (Å²) < 4.78 is 14.4. The quantitative estimate of drug-likeness (QED) is 0.267. The van der Waals surface area contributed by atoms with Crippen molar-refractivity contribution in [2.45, 2.75) is 51.1 Å². The van der Waals surface area contributed by atoms with Gasteiger partial charge in [0.25, 0.3) is 5.91 Å². The number of hydrogen-bond acceptors (Lipinski definition) is 9. The molecule has 1 aliphatic heterocycles. The molecule has 0 saturated carbocycles. The largest absolute Gasteiger partial charge is 0.462 e. The number of nitriles is 1. The van der Waals surface area contributed by atoms with E-state index in [1.807, 2.05) is 24.3 Å². The molecular weight excluding hydrogens is 572 g/mol. The van der Waals surface area contributed by atoms with E-state index in [0.29, 0.717) is 52.8 Å². The number of ether oxygens (including phenoxy) is 1. The molecule has 1 atom stereocenters. The number of carbonyl (C=O) groups is 1. The number of nitrogens with one attached hydrogen (secondary N) is 1. The Morgan fingerprint density at radius 1 is 1.17 bits per heavy atom. The average Bonchev–Trinajstić information content (AvgIpc) is 3.36. The molecule has 1 unspecified atom stereocenters. The van der Waals surface area contributed by atoms with Crippen LogP contribution in [0.4, 0.5) is 5.82 Å². The highest BCUT2D eigenvalue weighted by Crippen LogP contribution is 2.38. The maximum atomic E-state index is 13.5. The van der Waals surface area contributed by atoms with Crippen LogP contribution < -0.4 is 10.1 Å². The van der Waals surface area contributed by atoms with Gasteiger partial charge in [-0.2, -0.15) is 10.4 Å². The van der Waals surface area contributed by atoms with E-state index in [2.05, 4.69) is 64.1 Å². The van der Waals surface area contributed by atoms with Gasteiger partial charge in [-0.05, 0) is 42.4 Å².